The minimum atomic E-state index is -0.344. The molecule has 0 unspecified atom stereocenters. The highest BCUT2D eigenvalue weighted by Gasteiger charge is 2.15. The van der Waals surface area contributed by atoms with Gasteiger partial charge in [-0.25, -0.2) is 9.37 Å². The second-order valence-electron chi connectivity index (χ2n) is 3.83. The summed E-state index contributed by atoms with van der Waals surface area (Å²) in [6.07, 6.45) is 3.07. The van der Waals surface area contributed by atoms with Crippen molar-refractivity contribution in [1.82, 2.24) is 14.9 Å². The lowest BCUT2D eigenvalue weighted by atomic mass is 10.2. The van der Waals surface area contributed by atoms with Crippen LogP contribution in [0.3, 0.4) is 0 Å². The summed E-state index contributed by atoms with van der Waals surface area (Å²) in [7, 11) is 1.60. The maximum absolute atomic E-state index is 13.6. The van der Waals surface area contributed by atoms with E-state index in [1.165, 1.54) is 17.2 Å². The molecule has 0 spiro atoms. The van der Waals surface area contributed by atoms with Crippen molar-refractivity contribution in [3.8, 4) is 0 Å². The van der Waals surface area contributed by atoms with E-state index in [1.807, 2.05) is 0 Å². The molecule has 4 nitrogen and oxygen atoms in total. The summed E-state index contributed by atoms with van der Waals surface area (Å²) in [6.45, 7) is 0.193. The summed E-state index contributed by atoms with van der Waals surface area (Å²) in [5, 5.41) is 0. The number of hydrogen-bond donors (Lipinski definition) is 1. The maximum Gasteiger partial charge on any atom is 0.289 e. The van der Waals surface area contributed by atoms with E-state index in [-0.39, 0.29) is 24.1 Å². The number of carbonyl (C=O) groups excluding carboxylic acids is 1. The first-order valence-electron chi connectivity index (χ1n) is 5.26. The summed E-state index contributed by atoms with van der Waals surface area (Å²) < 4.78 is 14.3. The minimum absolute atomic E-state index is 0.193. The van der Waals surface area contributed by atoms with E-state index in [2.05, 4.69) is 25.9 Å². The lowest BCUT2D eigenvalue weighted by Gasteiger charge is -2.16. The Morgan fingerprint density at radius 1 is 1.56 bits per heavy atom. The molecule has 94 valence electrons. The van der Waals surface area contributed by atoms with Gasteiger partial charge in [-0.05, 0) is 12.1 Å². The second kappa shape index (κ2) is 5.30. The normalized spacial score (nSPS) is 10.4. The van der Waals surface area contributed by atoms with Crippen LogP contribution in [0.2, 0.25) is 0 Å². The van der Waals surface area contributed by atoms with Gasteiger partial charge in [-0.2, -0.15) is 0 Å². The van der Waals surface area contributed by atoms with Crippen LogP contribution in [0.1, 0.15) is 16.2 Å². The third-order valence-corrected chi connectivity index (χ3v) is 2.96. The Morgan fingerprint density at radius 2 is 2.33 bits per heavy atom. The van der Waals surface area contributed by atoms with Gasteiger partial charge >= 0.3 is 0 Å². The molecular formula is C12H11BrFN3O. The van der Waals surface area contributed by atoms with Crippen LogP contribution in [0.15, 0.2) is 35.1 Å². The van der Waals surface area contributed by atoms with Crippen LogP contribution in [0.4, 0.5) is 4.39 Å². The Balaban J connectivity index is 2.11. The van der Waals surface area contributed by atoms with Crippen molar-refractivity contribution in [3.05, 3.63) is 52.3 Å². The Morgan fingerprint density at radius 3 is 2.94 bits per heavy atom. The van der Waals surface area contributed by atoms with E-state index < -0.39 is 0 Å². The van der Waals surface area contributed by atoms with Gasteiger partial charge in [0.25, 0.3) is 5.91 Å². The van der Waals surface area contributed by atoms with Crippen LogP contribution >= 0.6 is 15.9 Å². The molecule has 1 aromatic heterocycles. The predicted molar refractivity (Wildman–Crippen MR) is 68.5 cm³/mol. The fourth-order valence-electron chi connectivity index (χ4n) is 1.54. The molecular weight excluding hydrogens is 301 g/mol. The molecule has 1 N–H and O–H groups in total. The summed E-state index contributed by atoms with van der Waals surface area (Å²) in [5.74, 6) is -0.374. The Labute approximate surface area is 112 Å². The molecule has 0 aliphatic heterocycles. The number of aromatic amines is 1. The molecule has 1 aromatic carbocycles. The van der Waals surface area contributed by atoms with Gasteiger partial charge in [0.1, 0.15) is 5.82 Å². The average molecular weight is 312 g/mol. The van der Waals surface area contributed by atoms with E-state index in [9.17, 15) is 9.18 Å². The van der Waals surface area contributed by atoms with E-state index in [1.54, 1.807) is 25.4 Å². The van der Waals surface area contributed by atoms with Crippen molar-refractivity contribution in [2.45, 2.75) is 6.54 Å². The topological polar surface area (TPSA) is 49.0 Å². The molecule has 0 fully saturated rings. The Bertz CT molecular complexity index is 556. The quantitative estimate of drug-likeness (QED) is 0.947. The standard InChI is InChI=1S/C12H11BrFN3O/c1-17(12(18)11-15-4-5-16-11)7-8-2-3-9(13)6-10(8)14/h2-6H,7H2,1H3,(H,15,16). The van der Waals surface area contributed by atoms with Crippen LogP contribution in [0.25, 0.3) is 0 Å². The fraction of sp³-hybridized carbons (Fsp3) is 0.167. The molecule has 0 saturated heterocycles. The number of imidazole rings is 1. The van der Waals surface area contributed by atoms with Gasteiger partial charge in [-0.15, -0.1) is 0 Å². The van der Waals surface area contributed by atoms with Crippen LogP contribution in [0, 0.1) is 5.82 Å². The molecule has 1 amide bonds. The molecule has 0 saturated carbocycles. The van der Waals surface area contributed by atoms with E-state index in [0.717, 1.165) is 0 Å². The highest BCUT2D eigenvalue weighted by molar-refractivity contribution is 9.10. The number of H-pyrrole nitrogens is 1. The van der Waals surface area contributed by atoms with Crippen LogP contribution < -0.4 is 0 Å². The van der Waals surface area contributed by atoms with E-state index in [0.29, 0.717) is 10.0 Å². The molecule has 6 heteroatoms. The highest BCUT2D eigenvalue weighted by Crippen LogP contribution is 2.16. The Kier molecular flexibility index (Phi) is 3.76. The number of nitrogens with one attached hydrogen (secondary N) is 1. The van der Waals surface area contributed by atoms with Crippen molar-refractivity contribution in [2.24, 2.45) is 0 Å². The van der Waals surface area contributed by atoms with Crippen molar-refractivity contribution in [3.63, 3.8) is 0 Å². The summed E-state index contributed by atoms with van der Waals surface area (Å²) in [5.41, 5.74) is 0.459. The molecule has 1 heterocycles. The number of halogens is 2. The van der Waals surface area contributed by atoms with Crippen molar-refractivity contribution < 1.29 is 9.18 Å². The number of rotatable bonds is 3. The predicted octanol–water partition coefficient (Wildman–Crippen LogP) is 2.58. The van der Waals surface area contributed by atoms with E-state index in [4.69, 9.17) is 0 Å². The largest absolute Gasteiger partial charge is 0.341 e. The third-order valence-electron chi connectivity index (χ3n) is 2.47. The van der Waals surface area contributed by atoms with Gasteiger partial charge in [0.15, 0.2) is 5.82 Å². The van der Waals surface area contributed by atoms with Crippen LogP contribution in [0.5, 0.6) is 0 Å². The van der Waals surface area contributed by atoms with Gasteiger partial charge < -0.3 is 9.88 Å². The number of nitrogens with zero attached hydrogens (tertiary/aromatic N) is 2. The molecule has 0 aliphatic carbocycles. The van der Waals surface area contributed by atoms with Crippen molar-refractivity contribution in [2.75, 3.05) is 7.05 Å². The first-order valence-corrected chi connectivity index (χ1v) is 6.06. The lowest BCUT2D eigenvalue weighted by Crippen LogP contribution is -2.27. The maximum atomic E-state index is 13.6. The van der Waals surface area contributed by atoms with Crippen molar-refractivity contribution in [1.29, 1.82) is 0 Å². The molecule has 18 heavy (non-hydrogen) atoms. The van der Waals surface area contributed by atoms with Crippen LogP contribution in [-0.2, 0) is 6.54 Å². The lowest BCUT2D eigenvalue weighted by molar-refractivity contribution is 0.0773. The third kappa shape index (κ3) is 2.76. The molecule has 0 radical (unpaired) electrons. The molecule has 0 atom stereocenters. The number of benzene rings is 1. The van der Waals surface area contributed by atoms with Gasteiger partial charge in [-0.1, -0.05) is 22.0 Å². The summed E-state index contributed by atoms with van der Waals surface area (Å²) >= 11 is 3.19. The van der Waals surface area contributed by atoms with Crippen LogP contribution in [-0.4, -0.2) is 27.8 Å². The van der Waals surface area contributed by atoms with Gasteiger partial charge in [0.2, 0.25) is 0 Å². The zero-order valence-corrected chi connectivity index (χ0v) is 11.2. The SMILES string of the molecule is CN(Cc1ccc(Br)cc1F)C(=O)c1ncc[nH]1. The fourth-order valence-corrected chi connectivity index (χ4v) is 1.87. The summed E-state index contributed by atoms with van der Waals surface area (Å²) in [4.78, 5) is 19.9. The Hall–Kier alpha value is -1.69. The highest BCUT2D eigenvalue weighted by atomic mass is 79.9. The first-order chi connectivity index (χ1) is 8.58. The monoisotopic (exact) mass is 311 g/mol. The molecule has 2 rings (SSSR count). The van der Waals surface area contributed by atoms with Crippen molar-refractivity contribution >= 4 is 21.8 Å². The number of amides is 1. The smallest absolute Gasteiger partial charge is 0.289 e. The van der Waals surface area contributed by atoms with E-state index >= 15 is 0 Å². The zero-order chi connectivity index (χ0) is 13.1. The number of hydrogen-bond acceptors (Lipinski definition) is 2. The summed E-state index contributed by atoms with van der Waals surface area (Å²) in [6, 6.07) is 4.76. The second-order valence-corrected chi connectivity index (χ2v) is 4.75. The molecule has 2 aromatic rings. The number of carbonyl (C=O) groups is 1. The zero-order valence-electron chi connectivity index (χ0n) is 9.65. The first kappa shape index (κ1) is 12.8. The number of aromatic nitrogens is 2. The van der Waals surface area contributed by atoms with Gasteiger partial charge in [0, 0.05) is 36.0 Å². The minimum Gasteiger partial charge on any atom is -0.341 e. The van der Waals surface area contributed by atoms with Gasteiger partial charge in [-0.3, -0.25) is 4.79 Å². The molecule has 0 bridgehead atoms. The van der Waals surface area contributed by atoms with Gasteiger partial charge in [0.05, 0.1) is 0 Å². The molecule has 0 aliphatic rings. The average Bonchev–Trinajstić information content (AvgIpc) is 2.85.